The van der Waals surface area contributed by atoms with Gasteiger partial charge in [-0.25, -0.2) is 9.59 Å². The van der Waals surface area contributed by atoms with Crippen LogP contribution in [0, 0.1) is 0 Å². The molecule has 1 heterocycles. The van der Waals surface area contributed by atoms with Crippen LogP contribution in [-0.4, -0.2) is 119 Å². The first-order valence-corrected chi connectivity index (χ1v) is 18.3. The molecule has 1 aliphatic rings. The van der Waals surface area contributed by atoms with Crippen LogP contribution in [0.25, 0.3) is 0 Å². The van der Waals surface area contributed by atoms with Gasteiger partial charge >= 0.3 is 29.8 Å². The number of methoxy groups -OCH3 is 2. The van der Waals surface area contributed by atoms with Crippen molar-refractivity contribution in [3.05, 3.63) is 66.2 Å². The quantitative estimate of drug-likeness (QED) is 0.153. The molecular formula is C39H54N2O13S. The van der Waals surface area contributed by atoms with E-state index in [0.717, 1.165) is 21.9 Å². The number of hydrogen-bond acceptors (Lipinski definition) is 15. The van der Waals surface area contributed by atoms with Crippen molar-refractivity contribution in [1.82, 2.24) is 4.90 Å². The number of carbonyl (C=O) groups is 6. The van der Waals surface area contributed by atoms with E-state index in [1.807, 2.05) is 67.5 Å². The van der Waals surface area contributed by atoms with Gasteiger partial charge in [0.05, 0.1) is 57.8 Å². The molecule has 2 atom stereocenters. The number of amides is 1. The normalized spacial score (nSPS) is 14.7. The van der Waals surface area contributed by atoms with Crippen molar-refractivity contribution >= 4 is 53.2 Å². The minimum absolute atomic E-state index is 0.0206. The topological polar surface area (TPSA) is 185 Å². The SMILES string of the molecule is C=C(C)C(=O)OC.CCOC(=O)CC(O)(CC(=O)OCC)C(=O)OCC.COc1ccc([C@@H]2Sc3ccccc3N(CCN(C)C)C(=O)[C@@H]2OC(C)=O)cc1. The van der Waals surface area contributed by atoms with Gasteiger partial charge < -0.3 is 43.3 Å². The fourth-order valence-electron chi connectivity index (χ4n) is 4.79. The zero-order chi connectivity index (χ0) is 41.7. The summed E-state index contributed by atoms with van der Waals surface area (Å²) in [4.78, 5) is 74.7. The van der Waals surface area contributed by atoms with Crippen molar-refractivity contribution in [1.29, 1.82) is 0 Å². The second-order valence-corrected chi connectivity index (χ2v) is 13.3. The third-order valence-corrected chi connectivity index (χ3v) is 8.75. The Morgan fingerprint density at radius 1 is 0.873 bits per heavy atom. The molecule has 0 bridgehead atoms. The summed E-state index contributed by atoms with van der Waals surface area (Å²) < 4.78 is 29.1. The number of thioether (sulfide) groups is 1. The molecule has 304 valence electrons. The third kappa shape index (κ3) is 16.1. The monoisotopic (exact) mass is 790 g/mol. The van der Waals surface area contributed by atoms with Crippen LogP contribution in [0.3, 0.4) is 0 Å². The predicted molar refractivity (Wildman–Crippen MR) is 205 cm³/mol. The minimum atomic E-state index is -2.26. The van der Waals surface area contributed by atoms with Gasteiger partial charge in [-0.3, -0.25) is 19.2 Å². The Kier molecular flexibility index (Phi) is 21.4. The van der Waals surface area contributed by atoms with E-state index in [0.29, 0.717) is 18.7 Å². The van der Waals surface area contributed by atoms with Gasteiger partial charge in [0.15, 0.2) is 11.7 Å². The van der Waals surface area contributed by atoms with Gasteiger partial charge in [0.1, 0.15) is 5.75 Å². The van der Waals surface area contributed by atoms with E-state index in [4.69, 9.17) is 9.47 Å². The average molecular weight is 791 g/mol. The van der Waals surface area contributed by atoms with Crippen molar-refractivity contribution in [2.75, 3.05) is 66.1 Å². The Morgan fingerprint density at radius 3 is 1.85 bits per heavy atom. The number of hydrogen-bond donors (Lipinski definition) is 1. The lowest BCUT2D eigenvalue weighted by atomic mass is 9.95. The van der Waals surface area contributed by atoms with Crippen LogP contribution in [0.2, 0.25) is 0 Å². The number of likely N-dealkylation sites (N-methyl/N-ethyl adjacent to an activating group) is 1. The molecule has 0 aromatic heterocycles. The Labute approximate surface area is 327 Å². The van der Waals surface area contributed by atoms with Crippen molar-refractivity contribution in [2.24, 2.45) is 0 Å². The molecule has 0 saturated heterocycles. The van der Waals surface area contributed by atoms with E-state index in [2.05, 4.69) is 25.5 Å². The third-order valence-electron chi connectivity index (χ3n) is 7.38. The summed E-state index contributed by atoms with van der Waals surface area (Å²) in [5.74, 6) is -2.92. The van der Waals surface area contributed by atoms with Crippen LogP contribution in [0.5, 0.6) is 5.75 Å². The maximum Gasteiger partial charge on any atom is 0.339 e. The first-order chi connectivity index (χ1) is 26.0. The molecule has 1 aliphatic heterocycles. The van der Waals surface area contributed by atoms with Gasteiger partial charge in [0, 0.05) is 30.5 Å². The highest BCUT2D eigenvalue weighted by atomic mass is 32.2. The molecule has 1 amide bonds. The number of nitrogens with zero attached hydrogens (tertiary/aromatic N) is 2. The fourth-order valence-corrected chi connectivity index (χ4v) is 6.10. The maximum atomic E-state index is 13.6. The van der Waals surface area contributed by atoms with Gasteiger partial charge in [-0.15, -0.1) is 11.8 Å². The predicted octanol–water partition coefficient (Wildman–Crippen LogP) is 4.29. The molecule has 15 nitrogen and oxygen atoms in total. The molecule has 0 fully saturated rings. The van der Waals surface area contributed by atoms with Gasteiger partial charge in [0.25, 0.3) is 5.91 Å². The second-order valence-electron chi connectivity index (χ2n) is 12.1. The minimum Gasteiger partial charge on any atom is -0.497 e. The van der Waals surface area contributed by atoms with E-state index in [9.17, 15) is 33.9 Å². The maximum absolute atomic E-state index is 13.6. The number of anilines is 1. The first kappa shape index (κ1) is 48.1. The molecule has 16 heteroatoms. The standard InChI is InChI=1S/C22H26N2O4S.C12H20O7.C5H8O2/c1-15(25)28-20-21(16-9-11-17(27-4)12-10-16)29-19-8-6-5-7-18(19)24(22(20)26)14-13-23(2)3;1-4-17-9(13)7-12(16,11(15)19-6-3)8-10(14)18-5-2;1-4(2)5(6)7-3/h5-12,20-21H,13-14H2,1-4H3;16H,4-8H2,1-3H3;1H2,2-3H3/t20-,21+;;/m1../s1. The van der Waals surface area contributed by atoms with Crippen LogP contribution in [0.4, 0.5) is 5.69 Å². The smallest absolute Gasteiger partial charge is 0.339 e. The fraction of sp³-hybridized carbons (Fsp3) is 0.487. The van der Waals surface area contributed by atoms with E-state index in [-0.39, 0.29) is 36.9 Å². The molecule has 0 spiro atoms. The van der Waals surface area contributed by atoms with Crippen molar-refractivity contribution in [3.63, 3.8) is 0 Å². The number of benzene rings is 2. The van der Waals surface area contributed by atoms with Crippen LogP contribution in [-0.2, 0) is 52.5 Å². The number of aliphatic hydroxyl groups is 1. The highest BCUT2D eigenvalue weighted by Crippen LogP contribution is 2.46. The van der Waals surface area contributed by atoms with E-state index < -0.39 is 48.4 Å². The van der Waals surface area contributed by atoms with Gasteiger partial charge in [-0.2, -0.15) is 0 Å². The van der Waals surface area contributed by atoms with Crippen LogP contribution in [0.1, 0.15) is 58.3 Å². The molecule has 1 N–H and O–H groups in total. The zero-order valence-corrected chi connectivity index (χ0v) is 33.9. The first-order valence-electron chi connectivity index (χ1n) is 17.5. The average Bonchev–Trinajstić information content (AvgIpc) is 3.24. The Morgan fingerprint density at radius 2 is 1.42 bits per heavy atom. The number of esters is 5. The molecule has 3 rings (SSSR count). The summed E-state index contributed by atoms with van der Waals surface area (Å²) >= 11 is 1.54. The lowest BCUT2D eigenvalue weighted by molar-refractivity contribution is -0.177. The van der Waals surface area contributed by atoms with E-state index in [1.54, 1.807) is 51.5 Å². The van der Waals surface area contributed by atoms with E-state index >= 15 is 0 Å². The molecule has 0 radical (unpaired) electrons. The lowest BCUT2D eigenvalue weighted by Gasteiger charge is -2.28. The molecule has 2 aromatic rings. The highest BCUT2D eigenvalue weighted by Gasteiger charge is 2.43. The molecule has 2 aromatic carbocycles. The second kappa shape index (κ2) is 24.5. The van der Waals surface area contributed by atoms with E-state index in [1.165, 1.54) is 14.0 Å². The molecular weight excluding hydrogens is 736 g/mol. The van der Waals surface area contributed by atoms with Crippen molar-refractivity contribution < 1.29 is 62.3 Å². The number of para-hydroxylation sites is 1. The van der Waals surface area contributed by atoms with Crippen molar-refractivity contribution in [3.8, 4) is 5.75 Å². The molecule has 0 aliphatic carbocycles. The van der Waals surface area contributed by atoms with Gasteiger partial charge in [-0.05, 0) is 71.6 Å². The summed E-state index contributed by atoms with van der Waals surface area (Å²) in [5.41, 5.74) is -0.0752. The number of fused-ring (bicyclic) bond motifs is 1. The lowest BCUT2D eigenvalue weighted by Crippen LogP contribution is -2.45. The Bertz CT molecular complexity index is 1580. The van der Waals surface area contributed by atoms with Crippen LogP contribution in [0.15, 0.2) is 65.6 Å². The van der Waals surface area contributed by atoms with Crippen LogP contribution >= 0.6 is 11.8 Å². The van der Waals surface area contributed by atoms with Gasteiger partial charge in [0.2, 0.25) is 0 Å². The summed E-state index contributed by atoms with van der Waals surface area (Å²) in [6, 6.07) is 15.4. The Hall–Kier alpha value is -4.93. The summed E-state index contributed by atoms with van der Waals surface area (Å²) in [5, 5.41) is 9.77. The summed E-state index contributed by atoms with van der Waals surface area (Å²) in [6.45, 7) is 12.5. The summed E-state index contributed by atoms with van der Waals surface area (Å²) in [7, 11) is 6.87. The highest BCUT2D eigenvalue weighted by molar-refractivity contribution is 7.99. The number of rotatable bonds is 15. The number of carbonyl (C=O) groups excluding carboxylic acids is 6. The molecule has 55 heavy (non-hydrogen) atoms. The van der Waals surface area contributed by atoms with Gasteiger partial charge in [-0.1, -0.05) is 30.8 Å². The van der Waals surface area contributed by atoms with Crippen LogP contribution < -0.4 is 9.64 Å². The largest absolute Gasteiger partial charge is 0.497 e. The molecule has 0 saturated carbocycles. The zero-order valence-electron chi connectivity index (χ0n) is 33.1. The van der Waals surface area contributed by atoms with Crippen molar-refractivity contribution in [2.45, 2.75) is 69.3 Å². The molecule has 0 unspecified atom stereocenters. The summed E-state index contributed by atoms with van der Waals surface area (Å²) in [6.07, 6.45) is -2.22. The Balaban J connectivity index is 0.000000500. The number of ether oxygens (including phenoxy) is 6.